The first kappa shape index (κ1) is 18.7. The molecule has 3 N–H and O–H groups in total. The van der Waals surface area contributed by atoms with E-state index in [4.69, 9.17) is 0 Å². The van der Waals surface area contributed by atoms with Gasteiger partial charge in [-0.1, -0.05) is 0 Å². The smallest absolute Gasteiger partial charge is 0.243 e. The van der Waals surface area contributed by atoms with E-state index in [1.165, 1.54) is 17.8 Å². The van der Waals surface area contributed by atoms with Gasteiger partial charge in [-0.15, -0.1) is 11.8 Å². The molecule has 1 saturated heterocycles. The van der Waals surface area contributed by atoms with Crippen molar-refractivity contribution in [2.24, 2.45) is 0 Å². The van der Waals surface area contributed by atoms with Gasteiger partial charge in [0.15, 0.2) is 0 Å². The molecule has 0 bridgehead atoms. The van der Waals surface area contributed by atoms with Crippen LogP contribution in [-0.2, 0) is 16.0 Å². The fraction of sp³-hybridized carbons (Fsp3) is 0.444. The first-order chi connectivity index (χ1) is 12.2. The van der Waals surface area contributed by atoms with Crippen LogP contribution in [0.4, 0.5) is 8.78 Å². The van der Waals surface area contributed by atoms with Crippen LogP contribution in [0, 0.1) is 18.6 Å². The molecule has 1 aliphatic heterocycles. The van der Waals surface area contributed by atoms with E-state index in [1.807, 2.05) is 13.8 Å². The van der Waals surface area contributed by atoms with Crippen LogP contribution < -0.4 is 10.6 Å². The molecule has 2 amide bonds. The fourth-order valence-electron chi connectivity index (χ4n) is 3.03. The Kier molecular flexibility index (Phi) is 4.96. The molecule has 26 heavy (non-hydrogen) atoms. The largest absolute Gasteiger partial charge is 0.356 e. The normalized spacial score (nSPS) is 19.4. The number of H-pyrrole nitrogens is 1. The van der Waals surface area contributed by atoms with Gasteiger partial charge in [0.25, 0.3) is 0 Å². The van der Waals surface area contributed by atoms with Crippen molar-refractivity contribution >= 4 is 34.5 Å². The van der Waals surface area contributed by atoms with Crippen molar-refractivity contribution in [2.45, 2.75) is 38.0 Å². The zero-order valence-corrected chi connectivity index (χ0v) is 15.7. The maximum Gasteiger partial charge on any atom is 0.243 e. The van der Waals surface area contributed by atoms with E-state index < -0.39 is 22.4 Å². The molecule has 1 aliphatic rings. The number of benzene rings is 1. The van der Waals surface area contributed by atoms with Gasteiger partial charge in [-0.05, 0) is 38.8 Å². The summed E-state index contributed by atoms with van der Waals surface area (Å²) in [7, 11) is 0. The van der Waals surface area contributed by atoms with Crippen LogP contribution in [0.3, 0.4) is 0 Å². The van der Waals surface area contributed by atoms with Crippen LogP contribution in [0.5, 0.6) is 0 Å². The van der Waals surface area contributed by atoms with E-state index in [9.17, 15) is 18.4 Å². The molecule has 8 heteroatoms. The van der Waals surface area contributed by atoms with Gasteiger partial charge < -0.3 is 15.6 Å². The Morgan fingerprint density at radius 3 is 2.81 bits per heavy atom. The van der Waals surface area contributed by atoms with E-state index in [1.54, 1.807) is 6.92 Å². The maximum absolute atomic E-state index is 13.8. The van der Waals surface area contributed by atoms with Crippen molar-refractivity contribution in [1.82, 2.24) is 15.6 Å². The lowest BCUT2D eigenvalue weighted by Gasteiger charge is -2.32. The van der Waals surface area contributed by atoms with Crippen molar-refractivity contribution in [3.63, 3.8) is 0 Å². The maximum atomic E-state index is 13.8. The number of amides is 2. The van der Waals surface area contributed by atoms with Gasteiger partial charge in [0.2, 0.25) is 11.8 Å². The number of aryl methyl sites for hydroxylation is 1. The summed E-state index contributed by atoms with van der Waals surface area (Å²) in [4.78, 5) is 27.2. The minimum atomic E-state index is -0.636. The van der Waals surface area contributed by atoms with E-state index in [2.05, 4.69) is 15.6 Å². The van der Waals surface area contributed by atoms with Gasteiger partial charge in [0, 0.05) is 29.4 Å². The fourth-order valence-corrected chi connectivity index (χ4v) is 4.04. The van der Waals surface area contributed by atoms with Gasteiger partial charge in [-0.25, -0.2) is 8.78 Å². The number of fused-ring (bicyclic) bond motifs is 1. The molecule has 0 spiro atoms. The van der Waals surface area contributed by atoms with Crippen molar-refractivity contribution in [3.05, 3.63) is 35.0 Å². The van der Waals surface area contributed by atoms with Crippen LogP contribution in [0.25, 0.3) is 10.9 Å². The molecule has 1 aromatic carbocycles. The Labute approximate surface area is 154 Å². The topological polar surface area (TPSA) is 74.0 Å². The van der Waals surface area contributed by atoms with Crippen molar-refractivity contribution in [1.29, 1.82) is 0 Å². The lowest BCUT2D eigenvalue weighted by Crippen LogP contribution is -2.57. The third kappa shape index (κ3) is 3.56. The third-order valence-electron chi connectivity index (χ3n) is 4.60. The highest BCUT2D eigenvalue weighted by molar-refractivity contribution is 8.01. The van der Waals surface area contributed by atoms with Gasteiger partial charge in [-0.2, -0.15) is 0 Å². The van der Waals surface area contributed by atoms with Gasteiger partial charge in [0.05, 0.1) is 10.3 Å². The van der Waals surface area contributed by atoms with Crippen LogP contribution in [-0.4, -0.2) is 39.9 Å². The second-order valence-electron chi connectivity index (χ2n) is 6.93. The highest BCUT2D eigenvalue weighted by Crippen LogP contribution is 2.29. The molecule has 2 heterocycles. The standard InChI is InChI=1S/C18H21F2N3O2S/c1-9-11(12-6-10(19)7-13(20)15(12)22-9)4-5-21-16(24)14-8-26-18(2,3)17(25)23-14/h6-7,14,22H,4-5,8H2,1-3H3,(H,21,24)(H,23,25)/t14-/m0/s1. The number of aromatic nitrogens is 1. The first-order valence-electron chi connectivity index (χ1n) is 8.38. The van der Waals surface area contributed by atoms with Crippen molar-refractivity contribution < 1.29 is 18.4 Å². The van der Waals surface area contributed by atoms with Crippen molar-refractivity contribution in [3.8, 4) is 0 Å². The second kappa shape index (κ2) is 6.90. The van der Waals surface area contributed by atoms with Gasteiger partial charge in [0.1, 0.15) is 17.7 Å². The summed E-state index contributed by atoms with van der Waals surface area (Å²) in [5, 5.41) is 6.00. The lowest BCUT2D eigenvalue weighted by atomic mass is 10.1. The summed E-state index contributed by atoms with van der Waals surface area (Å²) in [6.07, 6.45) is 0.430. The monoisotopic (exact) mass is 381 g/mol. The number of rotatable bonds is 4. The van der Waals surface area contributed by atoms with Crippen LogP contribution >= 0.6 is 11.8 Å². The number of hydrogen-bond donors (Lipinski definition) is 3. The number of carbonyl (C=O) groups is 2. The SMILES string of the molecule is Cc1[nH]c2c(F)cc(F)cc2c1CCNC(=O)[C@@H]1CSC(C)(C)C(=O)N1. The minimum absolute atomic E-state index is 0.160. The minimum Gasteiger partial charge on any atom is -0.356 e. The average molecular weight is 381 g/mol. The molecule has 5 nitrogen and oxygen atoms in total. The number of hydrogen-bond acceptors (Lipinski definition) is 3. The number of thioether (sulfide) groups is 1. The molecule has 0 saturated carbocycles. The summed E-state index contributed by atoms with van der Waals surface area (Å²) in [5.74, 6) is -1.18. The molecule has 1 atom stereocenters. The Morgan fingerprint density at radius 2 is 2.12 bits per heavy atom. The Morgan fingerprint density at radius 1 is 1.38 bits per heavy atom. The summed E-state index contributed by atoms with van der Waals surface area (Å²) in [6, 6.07) is 1.56. The zero-order valence-electron chi connectivity index (χ0n) is 14.8. The first-order valence-corrected chi connectivity index (χ1v) is 9.36. The van der Waals surface area contributed by atoms with Crippen molar-refractivity contribution in [2.75, 3.05) is 12.3 Å². The Bertz CT molecular complexity index is 879. The lowest BCUT2D eigenvalue weighted by molar-refractivity contribution is -0.129. The van der Waals surface area contributed by atoms with E-state index in [0.717, 1.165) is 17.3 Å². The van der Waals surface area contributed by atoms with Crippen LogP contribution in [0.1, 0.15) is 25.1 Å². The molecule has 2 aromatic rings. The summed E-state index contributed by atoms with van der Waals surface area (Å²) in [5.41, 5.74) is 1.77. The van der Waals surface area contributed by atoms with Gasteiger partial charge >= 0.3 is 0 Å². The second-order valence-corrected chi connectivity index (χ2v) is 8.57. The van der Waals surface area contributed by atoms with E-state index in [0.29, 0.717) is 24.1 Å². The molecule has 3 rings (SSSR count). The number of carbonyl (C=O) groups excluding carboxylic acids is 2. The Balaban J connectivity index is 1.64. The number of aromatic amines is 1. The third-order valence-corrected chi connectivity index (χ3v) is 6.01. The summed E-state index contributed by atoms with van der Waals surface area (Å²) >= 11 is 1.44. The molecular formula is C18H21F2N3O2S. The highest BCUT2D eigenvalue weighted by atomic mass is 32.2. The molecule has 1 fully saturated rings. The Hall–Kier alpha value is -2.09. The van der Waals surface area contributed by atoms with E-state index >= 15 is 0 Å². The van der Waals surface area contributed by atoms with Gasteiger partial charge in [-0.3, -0.25) is 9.59 Å². The molecule has 0 unspecified atom stereocenters. The molecule has 0 radical (unpaired) electrons. The highest BCUT2D eigenvalue weighted by Gasteiger charge is 2.37. The molecule has 140 valence electrons. The predicted molar refractivity (Wildman–Crippen MR) is 98.1 cm³/mol. The zero-order chi connectivity index (χ0) is 19.1. The number of halogens is 2. The van der Waals surface area contributed by atoms with Crippen LogP contribution in [0.15, 0.2) is 12.1 Å². The molecule has 0 aliphatic carbocycles. The molecule has 1 aromatic heterocycles. The predicted octanol–water partition coefficient (Wildman–Crippen LogP) is 2.42. The quantitative estimate of drug-likeness (QED) is 0.762. The number of nitrogens with one attached hydrogen (secondary N) is 3. The molecular weight excluding hydrogens is 360 g/mol. The summed E-state index contributed by atoms with van der Waals surface area (Å²) in [6.45, 7) is 5.73. The van der Waals surface area contributed by atoms with E-state index in [-0.39, 0.29) is 17.3 Å². The summed E-state index contributed by atoms with van der Waals surface area (Å²) < 4.78 is 26.8. The average Bonchev–Trinajstić information content (AvgIpc) is 2.86. The van der Waals surface area contributed by atoms with Crippen LogP contribution in [0.2, 0.25) is 0 Å².